The lowest BCUT2D eigenvalue weighted by atomic mass is 10.0. The third-order valence-electron chi connectivity index (χ3n) is 7.26. The first-order chi connectivity index (χ1) is 21.5. The maximum atomic E-state index is 14.5. The third-order valence-corrected chi connectivity index (χ3v) is 9.72. The second-order valence-electron chi connectivity index (χ2n) is 10.6. The highest BCUT2D eigenvalue weighted by Gasteiger charge is 2.35. The maximum absolute atomic E-state index is 14.5. The summed E-state index contributed by atoms with van der Waals surface area (Å²) in [4.78, 5) is 29.8. The summed E-state index contributed by atoms with van der Waals surface area (Å²) in [7, 11) is -4.28. The lowest BCUT2D eigenvalue weighted by Crippen LogP contribution is -2.54. The van der Waals surface area contributed by atoms with Crippen LogP contribution >= 0.6 is 34.8 Å². The lowest BCUT2D eigenvalue weighted by molar-refractivity contribution is -0.140. The van der Waals surface area contributed by atoms with Crippen molar-refractivity contribution in [3.05, 3.63) is 129 Å². The highest BCUT2D eigenvalue weighted by Crippen LogP contribution is 2.30. The first-order valence-electron chi connectivity index (χ1n) is 14.4. The van der Waals surface area contributed by atoms with Crippen molar-refractivity contribution >= 4 is 62.3 Å². The fraction of sp³-hybridized carbons (Fsp3) is 0.235. The molecule has 45 heavy (non-hydrogen) atoms. The molecule has 11 heteroatoms. The Labute approximate surface area is 279 Å². The zero-order valence-electron chi connectivity index (χ0n) is 24.9. The van der Waals surface area contributed by atoms with Crippen molar-refractivity contribution in [3.8, 4) is 0 Å². The van der Waals surface area contributed by atoms with Gasteiger partial charge >= 0.3 is 0 Å². The van der Waals surface area contributed by atoms with Gasteiger partial charge in [0.05, 0.1) is 10.6 Å². The monoisotopic (exact) mass is 685 g/mol. The molecule has 0 aliphatic carbocycles. The Kier molecular flexibility index (Phi) is 11.9. The van der Waals surface area contributed by atoms with Crippen LogP contribution in [-0.4, -0.2) is 43.8 Å². The summed E-state index contributed by atoms with van der Waals surface area (Å²) in [5, 5.41) is 3.87. The van der Waals surface area contributed by atoms with Crippen LogP contribution in [0.1, 0.15) is 31.4 Å². The molecule has 0 saturated heterocycles. The van der Waals surface area contributed by atoms with E-state index in [0.717, 1.165) is 9.87 Å². The van der Waals surface area contributed by atoms with Crippen LogP contribution in [0.2, 0.25) is 15.1 Å². The number of rotatable bonds is 13. The normalized spacial score (nSPS) is 12.6. The Hall–Kier alpha value is -3.56. The van der Waals surface area contributed by atoms with Gasteiger partial charge in [0.15, 0.2) is 0 Å². The molecule has 0 radical (unpaired) electrons. The molecule has 7 nitrogen and oxygen atoms in total. The second kappa shape index (κ2) is 15.6. The maximum Gasteiger partial charge on any atom is 0.264 e. The van der Waals surface area contributed by atoms with Crippen LogP contribution in [0, 0.1) is 0 Å². The first kappa shape index (κ1) is 34.3. The summed E-state index contributed by atoms with van der Waals surface area (Å²) in [6, 6.07) is 27.3. The molecule has 0 aliphatic rings. The standard InChI is InChI=1S/C34H34Cl3N3O4S/c1-3-24(2)38-34(42)32(18-25-11-6-4-7-12-25)39(22-26-13-10-14-27(35)17-26)33(41)23-40(30-20-28(36)19-29(37)21-30)45(43,44)31-15-8-5-9-16-31/h4-17,19-21,24,32H,3,18,22-23H2,1-2H3,(H,38,42)/t24-,32-/m0/s1. The fourth-order valence-electron chi connectivity index (χ4n) is 4.76. The summed E-state index contributed by atoms with van der Waals surface area (Å²) < 4.78 is 29.1. The summed E-state index contributed by atoms with van der Waals surface area (Å²) in [6.45, 7) is 3.21. The molecule has 4 aromatic rings. The van der Waals surface area contributed by atoms with Gasteiger partial charge in [-0.25, -0.2) is 8.42 Å². The van der Waals surface area contributed by atoms with Crippen LogP contribution in [0.25, 0.3) is 0 Å². The van der Waals surface area contributed by atoms with Gasteiger partial charge in [0, 0.05) is 34.1 Å². The van der Waals surface area contributed by atoms with Crippen LogP contribution in [-0.2, 0) is 32.6 Å². The molecule has 0 saturated carbocycles. The van der Waals surface area contributed by atoms with Crippen LogP contribution in [0.15, 0.2) is 108 Å². The van der Waals surface area contributed by atoms with Crippen molar-refractivity contribution in [1.29, 1.82) is 0 Å². The van der Waals surface area contributed by atoms with E-state index in [-0.39, 0.29) is 45.5 Å². The number of amides is 2. The summed E-state index contributed by atoms with van der Waals surface area (Å²) in [5.41, 5.74) is 1.62. The number of hydrogen-bond acceptors (Lipinski definition) is 4. The van der Waals surface area contributed by atoms with Crippen LogP contribution < -0.4 is 9.62 Å². The van der Waals surface area contributed by atoms with E-state index in [2.05, 4.69) is 5.32 Å². The number of carbonyl (C=O) groups excluding carboxylic acids is 2. The van der Waals surface area contributed by atoms with Crippen molar-refractivity contribution in [3.63, 3.8) is 0 Å². The van der Waals surface area contributed by atoms with E-state index in [1.165, 1.54) is 35.2 Å². The van der Waals surface area contributed by atoms with E-state index in [4.69, 9.17) is 34.8 Å². The van der Waals surface area contributed by atoms with E-state index in [9.17, 15) is 18.0 Å². The number of nitrogens with one attached hydrogen (secondary N) is 1. The molecule has 2 amide bonds. The van der Waals surface area contributed by atoms with Gasteiger partial charge in [-0.05, 0) is 66.9 Å². The fourth-order valence-corrected chi connectivity index (χ4v) is 6.91. The summed E-state index contributed by atoms with van der Waals surface area (Å²) in [6.07, 6.45) is 0.883. The average molecular weight is 687 g/mol. The molecule has 0 aliphatic heterocycles. The van der Waals surface area contributed by atoms with Crippen LogP contribution in [0.3, 0.4) is 0 Å². The lowest BCUT2D eigenvalue weighted by Gasteiger charge is -2.34. The van der Waals surface area contributed by atoms with Gasteiger partial charge in [0.25, 0.3) is 10.0 Å². The van der Waals surface area contributed by atoms with Gasteiger partial charge in [-0.3, -0.25) is 13.9 Å². The Morgan fingerprint density at radius 1 is 0.778 bits per heavy atom. The second-order valence-corrected chi connectivity index (χ2v) is 13.8. The Morgan fingerprint density at radius 2 is 1.38 bits per heavy atom. The molecular formula is C34H34Cl3N3O4S. The summed E-state index contributed by atoms with van der Waals surface area (Å²) >= 11 is 18.9. The van der Waals surface area contributed by atoms with E-state index in [1.807, 2.05) is 44.2 Å². The van der Waals surface area contributed by atoms with Crippen LogP contribution in [0.5, 0.6) is 0 Å². The number of anilines is 1. The van der Waals surface area contributed by atoms with Crippen LogP contribution in [0.4, 0.5) is 5.69 Å². The predicted octanol–water partition coefficient (Wildman–Crippen LogP) is 7.40. The highest BCUT2D eigenvalue weighted by atomic mass is 35.5. The zero-order chi connectivity index (χ0) is 32.6. The minimum absolute atomic E-state index is 0.000343. The topological polar surface area (TPSA) is 86.8 Å². The smallest absolute Gasteiger partial charge is 0.264 e. The molecule has 0 unspecified atom stereocenters. The largest absolute Gasteiger partial charge is 0.352 e. The molecule has 1 N–H and O–H groups in total. The van der Waals surface area contributed by atoms with Gasteiger partial charge in [-0.15, -0.1) is 0 Å². The third kappa shape index (κ3) is 9.23. The van der Waals surface area contributed by atoms with Gasteiger partial charge in [0.1, 0.15) is 12.6 Å². The average Bonchev–Trinajstić information content (AvgIpc) is 3.01. The highest BCUT2D eigenvalue weighted by molar-refractivity contribution is 7.92. The van der Waals surface area contributed by atoms with Crippen molar-refractivity contribution < 1.29 is 18.0 Å². The number of benzene rings is 4. The Morgan fingerprint density at radius 3 is 1.98 bits per heavy atom. The number of hydrogen-bond donors (Lipinski definition) is 1. The first-order valence-corrected chi connectivity index (χ1v) is 17.0. The minimum Gasteiger partial charge on any atom is -0.352 e. The summed E-state index contributed by atoms with van der Waals surface area (Å²) in [5.74, 6) is -0.961. The van der Waals surface area contributed by atoms with E-state index < -0.39 is 28.5 Å². The van der Waals surface area contributed by atoms with Gasteiger partial charge in [-0.1, -0.05) is 102 Å². The van der Waals surface area contributed by atoms with Crippen molar-refractivity contribution in [2.75, 3.05) is 10.8 Å². The predicted molar refractivity (Wildman–Crippen MR) is 181 cm³/mol. The minimum atomic E-state index is -4.28. The number of nitrogens with zero attached hydrogens (tertiary/aromatic N) is 2. The quantitative estimate of drug-likeness (QED) is 0.159. The van der Waals surface area contributed by atoms with Crippen molar-refractivity contribution in [2.24, 2.45) is 0 Å². The molecular weight excluding hydrogens is 653 g/mol. The molecule has 2 atom stereocenters. The number of sulfonamides is 1. The molecule has 4 rings (SSSR count). The van der Waals surface area contributed by atoms with Gasteiger partial charge < -0.3 is 10.2 Å². The van der Waals surface area contributed by atoms with Crippen molar-refractivity contribution in [2.45, 2.75) is 50.2 Å². The van der Waals surface area contributed by atoms with Gasteiger partial charge in [-0.2, -0.15) is 0 Å². The van der Waals surface area contributed by atoms with E-state index >= 15 is 0 Å². The Bertz CT molecular complexity index is 1700. The molecule has 0 aromatic heterocycles. The Balaban J connectivity index is 1.83. The van der Waals surface area contributed by atoms with Crippen molar-refractivity contribution in [1.82, 2.24) is 10.2 Å². The molecule has 0 heterocycles. The molecule has 0 fully saturated rings. The van der Waals surface area contributed by atoms with Gasteiger partial charge in [0.2, 0.25) is 11.8 Å². The number of halogens is 3. The van der Waals surface area contributed by atoms with E-state index in [1.54, 1.807) is 42.5 Å². The zero-order valence-corrected chi connectivity index (χ0v) is 28.0. The molecule has 236 valence electrons. The SMILES string of the molecule is CC[C@H](C)NC(=O)[C@H](Cc1ccccc1)N(Cc1cccc(Cl)c1)C(=O)CN(c1cc(Cl)cc(Cl)c1)S(=O)(=O)c1ccccc1. The molecule has 0 spiro atoms. The molecule has 0 bridgehead atoms. The molecule has 4 aromatic carbocycles. The van der Waals surface area contributed by atoms with E-state index in [0.29, 0.717) is 17.0 Å². The number of carbonyl (C=O) groups is 2.